The van der Waals surface area contributed by atoms with Gasteiger partial charge in [0.2, 0.25) is 0 Å². The van der Waals surface area contributed by atoms with E-state index in [9.17, 15) is 9.59 Å². The van der Waals surface area contributed by atoms with Crippen LogP contribution in [0.1, 0.15) is 51.4 Å². The minimum absolute atomic E-state index is 0.00157. The van der Waals surface area contributed by atoms with Gasteiger partial charge in [0.25, 0.3) is 0 Å². The van der Waals surface area contributed by atoms with Crippen molar-refractivity contribution in [2.75, 3.05) is 13.2 Å². The maximum absolute atomic E-state index is 12.1. The molecule has 6 heteroatoms. The Hall–Kier alpha value is -1.30. The van der Waals surface area contributed by atoms with Crippen molar-refractivity contribution in [1.29, 1.82) is 0 Å². The number of hydrogen-bond acceptors (Lipinski definition) is 3. The molecule has 2 rings (SSSR count). The zero-order valence-corrected chi connectivity index (χ0v) is 11.8. The lowest BCUT2D eigenvalue weighted by Crippen LogP contribution is -2.56. The summed E-state index contributed by atoms with van der Waals surface area (Å²) >= 11 is 0. The predicted octanol–water partition coefficient (Wildman–Crippen LogP) is 1.64. The number of nitrogens with one attached hydrogen (secondary N) is 2. The summed E-state index contributed by atoms with van der Waals surface area (Å²) in [6, 6.07) is -0.224. The number of amides is 2. The van der Waals surface area contributed by atoms with Crippen LogP contribution in [0.4, 0.5) is 4.79 Å². The number of carbonyl (C=O) groups excluding carboxylic acids is 1. The molecule has 0 aromatic heterocycles. The molecule has 1 heterocycles. The molecule has 6 nitrogen and oxygen atoms in total. The van der Waals surface area contributed by atoms with Gasteiger partial charge >= 0.3 is 12.0 Å². The minimum Gasteiger partial charge on any atom is -0.481 e. The van der Waals surface area contributed by atoms with E-state index in [2.05, 4.69) is 10.6 Å². The van der Waals surface area contributed by atoms with E-state index < -0.39 is 11.5 Å². The summed E-state index contributed by atoms with van der Waals surface area (Å²) in [6.45, 7) is 1.29. The van der Waals surface area contributed by atoms with Crippen LogP contribution in [0.15, 0.2) is 0 Å². The Labute approximate surface area is 119 Å². The summed E-state index contributed by atoms with van der Waals surface area (Å²) in [5, 5.41) is 14.9. The lowest BCUT2D eigenvalue weighted by Gasteiger charge is -2.37. The van der Waals surface area contributed by atoms with Crippen molar-refractivity contribution in [2.24, 2.45) is 0 Å². The van der Waals surface area contributed by atoms with Crippen molar-refractivity contribution in [2.45, 2.75) is 62.9 Å². The number of carboxylic acid groups (broad SMARTS) is 1. The van der Waals surface area contributed by atoms with Crippen LogP contribution in [0, 0.1) is 0 Å². The quantitative estimate of drug-likeness (QED) is 0.732. The SMILES string of the molecule is O=C(O)CC1(NC(=O)NC2CCCOC2)CCCCC1. The topological polar surface area (TPSA) is 87.7 Å². The molecule has 0 aromatic carbocycles. The summed E-state index contributed by atoms with van der Waals surface area (Å²) in [4.78, 5) is 23.1. The van der Waals surface area contributed by atoms with Gasteiger partial charge in [-0.1, -0.05) is 19.3 Å². The van der Waals surface area contributed by atoms with Crippen LogP contribution in [0.5, 0.6) is 0 Å². The van der Waals surface area contributed by atoms with Crippen LogP contribution < -0.4 is 10.6 Å². The molecule has 1 atom stereocenters. The molecule has 0 radical (unpaired) electrons. The summed E-state index contributed by atoms with van der Waals surface area (Å²) in [7, 11) is 0. The fraction of sp³-hybridized carbons (Fsp3) is 0.857. The van der Waals surface area contributed by atoms with Crippen molar-refractivity contribution in [3.05, 3.63) is 0 Å². The van der Waals surface area contributed by atoms with Crippen molar-refractivity contribution in [3.63, 3.8) is 0 Å². The van der Waals surface area contributed by atoms with E-state index in [1.54, 1.807) is 0 Å². The van der Waals surface area contributed by atoms with Gasteiger partial charge in [-0.2, -0.15) is 0 Å². The molecule has 0 spiro atoms. The molecule has 1 aliphatic carbocycles. The Morgan fingerprint density at radius 3 is 2.55 bits per heavy atom. The second kappa shape index (κ2) is 6.92. The lowest BCUT2D eigenvalue weighted by molar-refractivity contribution is -0.139. The molecule has 114 valence electrons. The lowest BCUT2D eigenvalue weighted by atomic mass is 9.79. The summed E-state index contributed by atoms with van der Waals surface area (Å²) in [5.74, 6) is -0.854. The average molecular weight is 284 g/mol. The standard InChI is InChI=1S/C14H24N2O4/c17-12(18)9-14(6-2-1-3-7-14)16-13(19)15-11-5-4-8-20-10-11/h11H,1-10H2,(H,17,18)(H2,15,16,19). The number of hydrogen-bond donors (Lipinski definition) is 3. The molecule has 2 fully saturated rings. The van der Waals surface area contributed by atoms with Crippen LogP contribution in [-0.2, 0) is 9.53 Å². The number of carboxylic acids is 1. The number of rotatable bonds is 4. The molecular formula is C14H24N2O4. The van der Waals surface area contributed by atoms with E-state index in [1.807, 2.05) is 0 Å². The van der Waals surface area contributed by atoms with Crippen LogP contribution in [0.3, 0.4) is 0 Å². The molecule has 2 amide bonds. The van der Waals surface area contributed by atoms with Gasteiger partial charge < -0.3 is 20.5 Å². The second-order valence-corrected chi connectivity index (χ2v) is 5.92. The Balaban J connectivity index is 1.89. The van der Waals surface area contributed by atoms with E-state index in [1.165, 1.54) is 0 Å². The minimum atomic E-state index is -0.854. The van der Waals surface area contributed by atoms with Crippen LogP contribution in [0.2, 0.25) is 0 Å². The number of carbonyl (C=O) groups is 2. The van der Waals surface area contributed by atoms with Gasteiger partial charge in [-0.15, -0.1) is 0 Å². The third kappa shape index (κ3) is 4.37. The summed E-state index contributed by atoms with van der Waals surface area (Å²) < 4.78 is 5.33. The molecule has 1 saturated heterocycles. The maximum Gasteiger partial charge on any atom is 0.315 e. The molecular weight excluding hydrogens is 260 g/mol. The zero-order valence-electron chi connectivity index (χ0n) is 11.8. The van der Waals surface area contributed by atoms with Gasteiger partial charge in [0.1, 0.15) is 0 Å². The normalized spacial score (nSPS) is 25.7. The summed E-state index contributed by atoms with van der Waals surface area (Å²) in [6.07, 6.45) is 6.41. The highest BCUT2D eigenvalue weighted by molar-refractivity contribution is 5.77. The smallest absolute Gasteiger partial charge is 0.315 e. The Kier molecular flexibility index (Phi) is 5.23. The maximum atomic E-state index is 12.1. The molecule has 0 bridgehead atoms. The van der Waals surface area contributed by atoms with Crippen LogP contribution in [-0.4, -0.2) is 41.9 Å². The molecule has 20 heavy (non-hydrogen) atoms. The van der Waals surface area contributed by atoms with Gasteiger partial charge in [-0.05, 0) is 25.7 Å². The number of aliphatic carboxylic acids is 1. The first-order valence-corrected chi connectivity index (χ1v) is 7.48. The summed E-state index contributed by atoms with van der Waals surface area (Å²) in [5.41, 5.74) is -0.580. The fourth-order valence-corrected chi connectivity index (χ4v) is 3.18. The predicted molar refractivity (Wildman–Crippen MR) is 73.6 cm³/mol. The van der Waals surface area contributed by atoms with Gasteiger partial charge in [0.15, 0.2) is 0 Å². The van der Waals surface area contributed by atoms with Crippen molar-refractivity contribution >= 4 is 12.0 Å². The van der Waals surface area contributed by atoms with Crippen LogP contribution in [0.25, 0.3) is 0 Å². The highest BCUT2D eigenvalue weighted by atomic mass is 16.5. The van der Waals surface area contributed by atoms with Gasteiger partial charge in [-0.3, -0.25) is 4.79 Å². The van der Waals surface area contributed by atoms with E-state index >= 15 is 0 Å². The first kappa shape index (κ1) is 15.1. The molecule has 0 aromatic rings. The average Bonchev–Trinajstić information content (AvgIpc) is 2.39. The van der Waals surface area contributed by atoms with E-state index in [0.29, 0.717) is 6.61 Å². The van der Waals surface area contributed by atoms with Gasteiger partial charge in [0.05, 0.1) is 24.6 Å². The Morgan fingerprint density at radius 1 is 1.20 bits per heavy atom. The molecule has 1 unspecified atom stereocenters. The third-order valence-corrected chi connectivity index (χ3v) is 4.17. The highest BCUT2D eigenvalue weighted by Crippen LogP contribution is 2.31. The largest absolute Gasteiger partial charge is 0.481 e. The molecule has 1 aliphatic heterocycles. The van der Waals surface area contributed by atoms with Crippen LogP contribution >= 0.6 is 0 Å². The Morgan fingerprint density at radius 2 is 1.95 bits per heavy atom. The monoisotopic (exact) mass is 284 g/mol. The Bertz CT molecular complexity index is 347. The molecule has 2 aliphatic rings. The zero-order chi connectivity index (χ0) is 14.4. The van der Waals surface area contributed by atoms with Crippen molar-refractivity contribution in [1.82, 2.24) is 10.6 Å². The van der Waals surface area contributed by atoms with E-state index in [0.717, 1.165) is 51.6 Å². The number of urea groups is 1. The van der Waals surface area contributed by atoms with E-state index in [4.69, 9.17) is 9.84 Å². The highest BCUT2D eigenvalue weighted by Gasteiger charge is 2.36. The molecule has 1 saturated carbocycles. The van der Waals surface area contributed by atoms with E-state index in [-0.39, 0.29) is 18.5 Å². The number of ether oxygens (including phenoxy) is 1. The third-order valence-electron chi connectivity index (χ3n) is 4.17. The fourth-order valence-electron chi connectivity index (χ4n) is 3.18. The first-order chi connectivity index (χ1) is 9.60. The van der Waals surface area contributed by atoms with Gasteiger partial charge in [-0.25, -0.2) is 4.79 Å². The van der Waals surface area contributed by atoms with Crippen molar-refractivity contribution in [3.8, 4) is 0 Å². The first-order valence-electron chi connectivity index (χ1n) is 7.48. The van der Waals surface area contributed by atoms with Crippen molar-refractivity contribution < 1.29 is 19.4 Å². The second-order valence-electron chi connectivity index (χ2n) is 5.92. The van der Waals surface area contributed by atoms with Gasteiger partial charge in [0, 0.05) is 6.61 Å². The molecule has 3 N–H and O–H groups in total.